The van der Waals surface area contributed by atoms with Gasteiger partial charge in [-0.1, -0.05) is 48.9 Å². The van der Waals surface area contributed by atoms with Gasteiger partial charge in [-0.25, -0.2) is 0 Å². The Bertz CT molecular complexity index is 1070. The highest BCUT2D eigenvalue weighted by Gasteiger charge is 2.25. The van der Waals surface area contributed by atoms with E-state index in [0.717, 1.165) is 5.56 Å². The maximum atomic E-state index is 12.8. The number of ether oxygens (including phenoxy) is 2. The number of methoxy groups -OCH3 is 1. The Morgan fingerprint density at radius 3 is 2.53 bits per heavy atom. The quantitative estimate of drug-likeness (QED) is 0.485. The molecule has 8 nitrogen and oxygen atoms in total. The summed E-state index contributed by atoms with van der Waals surface area (Å²) in [4.78, 5) is 25.1. The number of nitrogens with one attached hydrogen (secondary N) is 2. The Morgan fingerprint density at radius 1 is 1.09 bits per heavy atom. The van der Waals surface area contributed by atoms with E-state index in [1.165, 1.54) is 11.3 Å². The van der Waals surface area contributed by atoms with Gasteiger partial charge in [-0.3, -0.25) is 14.9 Å². The Hall–Kier alpha value is -3.17. The third-order valence-corrected chi connectivity index (χ3v) is 5.56. The van der Waals surface area contributed by atoms with Crippen molar-refractivity contribution in [1.82, 2.24) is 15.5 Å². The number of nitrogens with zero attached hydrogens (tertiary/aromatic N) is 2. The van der Waals surface area contributed by atoms with E-state index in [9.17, 15) is 9.59 Å². The fourth-order valence-electron chi connectivity index (χ4n) is 2.76. The number of benzene rings is 2. The SMILES string of the molecule is COc1cccc(-c2nnc(NC(=O)C(NC(=O)COc3ccc(Cl)cc3)C(C)C)s2)c1. The molecule has 0 spiro atoms. The van der Waals surface area contributed by atoms with Crippen molar-refractivity contribution >= 4 is 39.9 Å². The van der Waals surface area contributed by atoms with Gasteiger partial charge in [0.1, 0.15) is 22.5 Å². The third-order valence-electron chi connectivity index (χ3n) is 4.42. The van der Waals surface area contributed by atoms with E-state index in [2.05, 4.69) is 20.8 Å². The van der Waals surface area contributed by atoms with E-state index in [1.807, 2.05) is 38.1 Å². The number of carbonyl (C=O) groups is 2. The number of rotatable bonds is 9. The first-order chi connectivity index (χ1) is 15.4. The first-order valence-electron chi connectivity index (χ1n) is 9.82. The minimum absolute atomic E-state index is 0.153. The first kappa shape index (κ1) is 23.5. The van der Waals surface area contributed by atoms with E-state index >= 15 is 0 Å². The van der Waals surface area contributed by atoms with Crippen molar-refractivity contribution in [3.63, 3.8) is 0 Å². The molecule has 0 fully saturated rings. The van der Waals surface area contributed by atoms with Gasteiger partial charge in [-0.2, -0.15) is 0 Å². The van der Waals surface area contributed by atoms with E-state index in [0.29, 0.717) is 26.7 Å². The van der Waals surface area contributed by atoms with E-state index in [1.54, 1.807) is 31.4 Å². The summed E-state index contributed by atoms with van der Waals surface area (Å²) in [5.41, 5.74) is 0.829. The van der Waals surface area contributed by atoms with Crippen molar-refractivity contribution in [2.75, 3.05) is 19.0 Å². The standard InChI is InChI=1S/C22H23ClN4O4S/c1-13(2)19(24-18(28)12-31-16-9-7-15(23)8-10-16)20(29)25-22-27-26-21(32-22)14-5-4-6-17(11-14)30-3/h4-11,13,19H,12H2,1-3H3,(H,24,28)(H,25,27,29). The van der Waals surface area contributed by atoms with Gasteiger partial charge in [-0.15, -0.1) is 10.2 Å². The van der Waals surface area contributed by atoms with Crippen LogP contribution in [0.15, 0.2) is 48.5 Å². The topological polar surface area (TPSA) is 102 Å². The molecule has 3 aromatic rings. The van der Waals surface area contributed by atoms with Crippen molar-refractivity contribution in [2.45, 2.75) is 19.9 Å². The fourth-order valence-corrected chi connectivity index (χ4v) is 3.63. The molecule has 1 aromatic heterocycles. The van der Waals surface area contributed by atoms with Gasteiger partial charge in [0.05, 0.1) is 7.11 Å². The molecule has 32 heavy (non-hydrogen) atoms. The lowest BCUT2D eigenvalue weighted by molar-refractivity contribution is -0.128. The van der Waals surface area contributed by atoms with Crippen molar-refractivity contribution < 1.29 is 19.1 Å². The summed E-state index contributed by atoms with van der Waals surface area (Å²) in [6.07, 6.45) is 0. The number of hydrogen-bond donors (Lipinski definition) is 2. The molecule has 1 unspecified atom stereocenters. The second kappa shape index (κ2) is 10.9. The van der Waals surface area contributed by atoms with Crippen LogP contribution in [0.4, 0.5) is 5.13 Å². The van der Waals surface area contributed by atoms with Crippen LogP contribution in [-0.2, 0) is 9.59 Å². The summed E-state index contributed by atoms with van der Waals surface area (Å²) < 4.78 is 10.7. The second-order valence-corrected chi connectivity index (χ2v) is 8.58. The lowest BCUT2D eigenvalue weighted by Crippen LogP contribution is -2.48. The molecule has 168 valence electrons. The van der Waals surface area contributed by atoms with Crippen LogP contribution in [0.2, 0.25) is 5.02 Å². The largest absolute Gasteiger partial charge is 0.497 e. The molecule has 2 amide bonds. The summed E-state index contributed by atoms with van der Waals surface area (Å²) >= 11 is 7.07. The van der Waals surface area contributed by atoms with Gasteiger partial charge in [0, 0.05) is 10.6 Å². The lowest BCUT2D eigenvalue weighted by Gasteiger charge is -2.21. The summed E-state index contributed by atoms with van der Waals surface area (Å²) in [5.74, 6) is 0.261. The molecule has 1 heterocycles. The monoisotopic (exact) mass is 474 g/mol. The van der Waals surface area contributed by atoms with E-state index < -0.39 is 11.9 Å². The Labute approximate surface area is 194 Å². The molecular weight excluding hydrogens is 452 g/mol. The number of carbonyl (C=O) groups excluding carboxylic acids is 2. The highest BCUT2D eigenvalue weighted by atomic mass is 35.5. The van der Waals surface area contributed by atoms with Gasteiger partial charge in [-0.05, 0) is 42.3 Å². The molecule has 2 N–H and O–H groups in total. The van der Waals surface area contributed by atoms with Crippen molar-refractivity contribution in [2.24, 2.45) is 5.92 Å². The van der Waals surface area contributed by atoms with Crippen molar-refractivity contribution in [1.29, 1.82) is 0 Å². The smallest absolute Gasteiger partial charge is 0.258 e. The van der Waals surface area contributed by atoms with Gasteiger partial charge in [0.15, 0.2) is 6.61 Å². The predicted octanol–water partition coefficient (Wildman–Crippen LogP) is 4.03. The van der Waals surface area contributed by atoms with Gasteiger partial charge in [0.2, 0.25) is 11.0 Å². The van der Waals surface area contributed by atoms with Crippen LogP contribution >= 0.6 is 22.9 Å². The number of aromatic nitrogens is 2. The van der Waals surface area contributed by atoms with Crippen molar-refractivity contribution in [3.05, 3.63) is 53.6 Å². The molecule has 2 aromatic carbocycles. The Morgan fingerprint density at radius 2 is 1.84 bits per heavy atom. The summed E-state index contributed by atoms with van der Waals surface area (Å²) in [7, 11) is 1.59. The Balaban J connectivity index is 1.59. The molecule has 0 saturated carbocycles. The second-order valence-electron chi connectivity index (χ2n) is 7.17. The summed E-state index contributed by atoms with van der Waals surface area (Å²) in [5, 5.41) is 15.2. The number of amides is 2. The highest BCUT2D eigenvalue weighted by Crippen LogP contribution is 2.29. The van der Waals surface area contributed by atoms with Gasteiger partial charge >= 0.3 is 0 Å². The molecule has 0 aliphatic heterocycles. The van der Waals surface area contributed by atoms with Crippen LogP contribution < -0.4 is 20.1 Å². The van der Waals surface area contributed by atoms with E-state index in [-0.39, 0.29) is 18.4 Å². The molecule has 0 bridgehead atoms. The zero-order valence-electron chi connectivity index (χ0n) is 17.8. The van der Waals surface area contributed by atoms with Crippen LogP contribution in [0.5, 0.6) is 11.5 Å². The molecule has 1 atom stereocenters. The molecule has 0 aliphatic rings. The zero-order chi connectivity index (χ0) is 23.1. The van der Waals surface area contributed by atoms with Gasteiger partial charge < -0.3 is 14.8 Å². The number of halogens is 1. The fraction of sp³-hybridized carbons (Fsp3) is 0.273. The van der Waals surface area contributed by atoms with Crippen LogP contribution in [0.3, 0.4) is 0 Å². The maximum absolute atomic E-state index is 12.8. The normalized spacial score (nSPS) is 11.7. The lowest BCUT2D eigenvalue weighted by atomic mass is 10.0. The molecule has 0 saturated heterocycles. The molecular formula is C22H23ClN4O4S. The number of anilines is 1. The van der Waals surface area contributed by atoms with Crippen LogP contribution in [-0.4, -0.2) is 41.8 Å². The maximum Gasteiger partial charge on any atom is 0.258 e. The van der Waals surface area contributed by atoms with Crippen LogP contribution in [0, 0.1) is 5.92 Å². The van der Waals surface area contributed by atoms with E-state index in [4.69, 9.17) is 21.1 Å². The Kier molecular flexibility index (Phi) is 8.02. The molecule has 10 heteroatoms. The van der Waals surface area contributed by atoms with Gasteiger partial charge in [0.25, 0.3) is 5.91 Å². The van der Waals surface area contributed by atoms with Crippen molar-refractivity contribution in [3.8, 4) is 22.1 Å². The zero-order valence-corrected chi connectivity index (χ0v) is 19.4. The molecule has 0 radical (unpaired) electrons. The number of hydrogen-bond acceptors (Lipinski definition) is 7. The highest BCUT2D eigenvalue weighted by molar-refractivity contribution is 7.18. The van der Waals surface area contributed by atoms with Crippen LogP contribution in [0.1, 0.15) is 13.8 Å². The summed E-state index contributed by atoms with van der Waals surface area (Å²) in [6.45, 7) is 3.45. The average Bonchev–Trinajstić information content (AvgIpc) is 3.25. The minimum atomic E-state index is -0.763. The first-order valence-corrected chi connectivity index (χ1v) is 11.0. The third kappa shape index (κ3) is 6.41. The molecule has 3 rings (SSSR count). The predicted molar refractivity (Wildman–Crippen MR) is 124 cm³/mol. The van der Waals surface area contributed by atoms with Crippen LogP contribution in [0.25, 0.3) is 10.6 Å². The summed E-state index contributed by atoms with van der Waals surface area (Å²) in [6, 6.07) is 13.3. The molecule has 0 aliphatic carbocycles. The minimum Gasteiger partial charge on any atom is -0.497 e. The average molecular weight is 475 g/mol.